The maximum atomic E-state index is 12.9. The molecule has 2 aromatic rings. The zero-order valence-corrected chi connectivity index (χ0v) is 19.8. The van der Waals surface area contributed by atoms with E-state index in [1.165, 1.54) is 26.9 Å². The molecular formula is C23H28N4O3S2. The van der Waals surface area contributed by atoms with Crippen LogP contribution in [-0.4, -0.2) is 37.8 Å². The molecule has 0 radical (unpaired) electrons. The van der Waals surface area contributed by atoms with Crippen LogP contribution in [0.5, 0.6) is 0 Å². The van der Waals surface area contributed by atoms with Crippen molar-refractivity contribution >= 4 is 38.0 Å². The van der Waals surface area contributed by atoms with Crippen LogP contribution < -0.4 is 10.6 Å². The van der Waals surface area contributed by atoms with Crippen LogP contribution in [0.25, 0.3) is 0 Å². The van der Waals surface area contributed by atoms with Crippen molar-refractivity contribution in [2.45, 2.75) is 62.8 Å². The number of amides is 1. The average molecular weight is 473 g/mol. The van der Waals surface area contributed by atoms with E-state index >= 15 is 0 Å². The maximum absolute atomic E-state index is 12.9. The Morgan fingerprint density at radius 2 is 1.91 bits per heavy atom. The third kappa shape index (κ3) is 4.68. The highest BCUT2D eigenvalue weighted by atomic mass is 32.2. The molecule has 1 aliphatic heterocycles. The van der Waals surface area contributed by atoms with Crippen molar-refractivity contribution < 1.29 is 13.2 Å². The number of nitriles is 1. The molecule has 0 unspecified atom stereocenters. The molecular weight excluding hydrogens is 444 g/mol. The van der Waals surface area contributed by atoms with Gasteiger partial charge in [0.15, 0.2) is 0 Å². The fourth-order valence-electron chi connectivity index (χ4n) is 4.31. The summed E-state index contributed by atoms with van der Waals surface area (Å²) in [7, 11) is -3.52. The Morgan fingerprint density at radius 3 is 2.66 bits per heavy atom. The summed E-state index contributed by atoms with van der Waals surface area (Å²) < 4.78 is 27.2. The standard InChI is InChI=1S/C23H28N4O3S2/c1-16(22(28)26-23-20(15-24)19-10-3-2-4-11-21(19)31-23)25-17-8-7-9-18(14-17)32(29,30)27-12-5-6-13-27/h7-9,14,16,25H,2-6,10-13H2,1H3,(H,26,28)/t16-/m0/s1. The monoisotopic (exact) mass is 472 g/mol. The molecule has 2 N–H and O–H groups in total. The highest BCUT2D eigenvalue weighted by Gasteiger charge is 2.28. The summed E-state index contributed by atoms with van der Waals surface area (Å²) in [6.07, 6.45) is 6.95. The lowest BCUT2D eigenvalue weighted by atomic mass is 10.1. The van der Waals surface area contributed by atoms with Gasteiger partial charge in [-0.3, -0.25) is 4.79 Å². The number of hydrogen-bond acceptors (Lipinski definition) is 6. The highest BCUT2D eigenvalue weighted by Crippen LogP contribution is 2.37. The number of fused-ring (bicyclic) bond motifs is 1. The molecule has 0 spiro atoms. The van der Waals surface area contributed by atoms with Crippen molar-refractivity contribution in [3.63, 3.8) is 0 Å². The lowest BCUT2D eigenvalue weighted by Crippen LogP contribution is -2.32. The van der Waals surface area contributed by atoms with E-state index in [4.69, 9.17) is 0 Å². The van der Waals surface area contributed by atoms with Crippen molar-refractivity contribution in [3.05, 3.63) is 40.3 Å². The van der Waals surface area contributed by atoms with Crippen molar-refractivity contribution in [1.29, 1.82) is 5.26 Å². The van der Waals surface area contributed by atoms with Gasteiger partial charge in [0.05, 0.1) is 10.5 Å². The van der Waals surface area contributed by atoms with E-state index in [1.807, 2.05) is 0 Å². The average Bonchev–Trinajstić information content (AvgIpc) is 3.37. The van der Waals surface area contributed by atoms with E-state index < -0.39 is 16.1 Å². The fourth-order valence-corrected chi connectivity index (χ4v) is 7.11. The smallest absolute Gasteiger partial charge is 0.247 e. The number of thiophene rings is 1. The minimum absolute atomic E-state index is 0.228. The van der Waals surface area contributed by atoms with E-state index in [0.29, 0.717) is 29.3 Å². The van der Waals surface area contributed by atoms with E-state index in [1.54, 1.807) is 31.2 Å². The Morgan fingerprint density at radius 1 is 1.16 bits per heavy atom. The van der Waals surface area contributed by atoms with Crippen molar-refractivity contribution in [3.8, 4) is 6.07 Å². The molecule has 2 aliphatic rings. The Balaban J connectivity index is 1.46. The molecule has 1 amide bonds. The van der Waals surface area contributed by atoms with Gasteiger partial charge in [0.1, 0.15) is 17.1 Å². The zero-order valence-electron chi connectivity index (χ0n) is 18.2. The molecule has 170 valence electrons. The van der Waals surface area contributed by atoms with Crippen LogP contribution in [0.3, 0.4) is 0 Å². The number of carbonyl (C=O) groups excluding carboxylic acids is 1. The molecule has 9 heteroatoms. The largest absolute Gasteiger partial charge is 0.374 e. The minimum Gasteiger partial charge on any atom is -0.374 e. The normalized spacial score (nSPS) is 17.8. The minimum atomic E-state index is -3.52. The molecule has 1 aromatic carbocycles. The van der Waals surface area contributed by atoms with E-state index in [-0.39, 0.29) is 10.8 Å². The first-order valence-electron chi connectivity index (χ1n) is 11.1. The van der Waals surface area contributed by atoms with Gasteiger partial charge in [-0.2, -0.15) is 9.57 Å². The van der Waals surface area contributed by atoms with Gasteiger partial charge in [0, 0.05) is 23.7 Å². The summed E-state index contributed by atoms with van der Waals surface area (Å²) in [6.45, 7) is 2.82. The topological polar surface area (TPSA) is 102 Å². The predicted molar refractivity (Wildman–Crippen MR) is 126 cm³/mol. The van der Waals surface area contributed by atoms with Crippen LogP contribution in [0.2, 0.25) is 0 Å². The van der Waals surface area contributed by atoms with E-state index in [9.17, 15) is 18.5 Å². The van der Waals surface area contributed by atoms with Crippen molar-refractivity contribution in [2.75, 3.05) is 23.7 Å². The zero-order chi connectivity index (χ0) is 22.7. The number of nitrogens with zero attached hydrogens (tertiary/aromatic N) is 2. The summed E-state index contributed by atoms with van der Waals surface area (Å²) in [5, 5.41) is 16.3. The quantitative estimate of drug-likeness (QED) is 0.616. The molecule has 2 heterocycles. The van der Waals surface area contributed by atoms with Gasteiger partial charge < -0.3 is 10.6 Å². The number of benzene rings is 1. The lowest BCUT2D eigenvalue weighted by molar-refractivity contribution is -0.116. The third-order valence-electron chi connectivity index (χ3n) is 6.08. The third-order valence-corrected chi connectivity index (χ3v) is 9.19. The Kier molecular flexibility index (Phi) is 6.84. The Labute approximate surface area is 193 Å². The molecule has 4 rings (SSSR count). The second-order valence-corrected chi connectivity index (χ2v) is 11.4. The second-order valence-electron chi connectivity index (χ2n) is 8.37. The number of aryl methyl sites for hydroxylation is 1. The molecule has 1 atom stereocenters. The second kappa shape index (κ2) is 9.61. The number of carbonyl (C=O) groups is 1. The van der Waals surface area contributed by atoms with Gasteiger partial charge >= 0.3 is 0 Å². The SMILES string of the molecule is C[C@H](Nc1cccc(S(=O)(=O)N2CCCC2)c1)C(=O)Nc1sc2c(c1C#N)CCCCC2. The van der Waals surface area contributed by atoms with Gasteiger partial charge in [-0.25, -0.2) is 8.42 Å². The predicted octanol–water partition coefficient (Wildman–Crippen LogP) is 4.11. The first-order chi connectivity index (χ1) is 15.4. The number of anilines is 2. The molecule has 1 aromatic heterocycles. The Hall–Kier alpha value is -2.41. The molecule has 1 fully saturated rings. The Bertz CT molecular complexity index is 1140. The van der Waals surface area contributed by atoms with Gasteiger partial charge in [-0.1, -0.05) is 12.5 Å². The summed E-state index contributed by atoms with van der Waals surface area (Å²) in [6, 6.07) is 8.27. The summed E-state index contributed by atoms with van der Waals surface area (Å²) in [5.74, 6) is -0.259. The first kappa shape index (κ1) is 22.8. The maximum Gasteiger partial charge on any atom is 0.247 e. The molecule has 32 heavy (non-hydrogen) atoms. The van der Waals surface area contributed by atoms with Crippen LogP contribution >= 0.6 is 11.3 Å². The molecule has 1 aliphatic carbocycles. The van der Waals surface area contributed by atoms with Gasteiger partial charge in [-0.15, -0.1) is 11.3 Å². The van der Waals surface area contributed by atoms with Gasteiger partial charge in [-0.05, 0) is 69.2 Å². The van der Waals surface area contributed by atoms with Gasteiger partial charge in [0.25, 0.3) is 0 Å². The van der Waals surface area contributed by atoms with Crippen LogP contribution in [0.15, 0.2) is 29.2 Å². The number of sulfonamides is 1. The molecule has 0 saturated carbocycles. The van der Waals surface area contributed by atoms with Crippen LogP contribution in [-0.2, 0) is 27.7 Å². The van der Waals surface area contributed by atoms with Crippen LogP contribution in [0, 0.1) is 11.3 Å². The number of rotatable bonds is 6. The van der Waals surface area contributed by atoms with Crippen LogP contribution in [0.4, 0.5) is 10.7 Å². The van der Waals surface area contributed by atoms with Crippen molar-refractivity contribution in [1.82, 2.24) is 4.31 Å². The van der Waals surface area contributed by atoms with Gasteiger partial charge in [0.2, 0.25) is 15.9 Å². The van der Waals surface area contributed by atoms with Crippen LogP contribution in [0.1, 0.15) is 55.0 Å². The summed E-state index contributed by atoms with van der Waals surface area (Å²) >= 11 is 1.50. The summed E-state index contributed by atoms with van der Waals surface area (Å²) in [4.78, 5) is 14.3. The first-order valence-corrected chi connectivity index (χ1v) is 13.4. The molecule has 1 saturated heterocycles. The number of hydrogen-bond donors (Lipinski definition) is 2. The lowest BCUT2D eigenvalue weighted by Gasteiger charge is -2.18. The fraction of sp³-hybridized carbons (Fsp3) is 0.478. The summed E-state index contributed by atoms with van der Waals surface area (Å²) in [5.41, 5.74) is 2.24. The van der Waals surface area contributed by atoms with E-state index in [2.05, 4.69) is 16.7 Å². The molecule has 0 bridgehead atoms. The highest BCUT2D eigenvalue weighted by molar-refractivity contribution is 7.89. The number of nitrogens with one attached hydrogen (secondary N) is 2. The van der Waals surface area contributed by atoms with E-state index in [0.717, 1.165) is 44.1 Å². The van der Waals surface area contributed by atoms with Crippen molar-refractivity contribution in [2.24, 2.45) is 0 Å². The molecule has 7 nitrogen and oxygen atoms in total.